The van der Waals surface area contributed by atoms with E-state index in [0.717, 1.165) is 12.3 Å². The lowest BCUT2D eigenvalue weighted by atomic mass is 10.1. The van der Waals surface area contributed by atoms with Gasteiger partial charge in [-0.25, -0.2) is 0 Å². The molecule has 0 aromatic carbocycles. The first-order valence-electron chi connectivity index (χ1n) is 5.09. The number of rotatable bonds is 4. The summed E-state index contributed by atoms with van der Waals surface area (Å²) in [7, 11) is 0. The van der Waals surface area contributed by atoms with Gasteiger partial charge in [-0.05, 0) is 31.7 Å². The summed E-state index contributed by atoms with van der Waals surface area (Å²) in [6.07, 6.45) is 3.57. The molecule has 1 rings (SSSR count). The summed E-state index contributed by atoms with van der Waals surface area (Å²) in [4.78, 5) is 2.53. The Morgan fingerprint density at radius 3 is 2.83 bits per heavy atom. The first kappa shape index (κ1) is 10.0. The summed E-state index contributed by atoms with van der Waals surface area (Å²) in [6, 6.07) is 0.664. The second kappa shape index (κ2) is 4.83. The van der Waals surface area contributed by atoms with E-state index in [1.54, 1.807) is 0 Å². The van der Waals surface area contributed by atoms with Gasteiger partial charge in [0.25, 0.3) is 0 Å². The van der Waals surface area contributed by atoms with E-state index in [1.165, 1.54) is 25.9 Å². The van der Waals surface area contributed by atoms with E-state index in [2.05, 4.69) is 18.7 Å². The molecule has 0 spiro atoms. The first-order chi connectivity index (χ1) is 5.74. The highest BCUT2D eigenvalue weighted by Crippen LogP contribution is 2.20. The predicted molar refractivity (Wildman–Crippen MR) is 51.1 cm³/mol. The number of hydrogen-bond donors (Lipinski definition) is 1. The topological polar surface area (TPSA) is 23.5 Å². The molecule has 1 atom stereocenters. The van der Waals surface area contributed by atoms with Crippen LogP contribution in [-0.4, -0.2) is 35.7 Å². The summed E-state index contributed by atoms with van der Waals surface area (Å²) < 4.78 is 0. The van der Waals surface area contributed by atoms with Gasteiger partial charge in [-0.2, -0.15) is 0 Å². The highest BCUT2D eigenvalue weighted by molar-refractivity contribution is 4.79. The van der Waals surface area contributed by atoms with E-state index < -0.39 is 0 Å². The standard InChI is InChI=1S/C10H21NO/c1-9(2)8-11-6-3-4-10(11)5-7-12/h9-10,12H,3-8H2,1-2H3. The van der Waals surface area contributed by atoms with Crippen molar-refractivity contribution in [2.45, 2.75) is 39.2 Å². The van der Waals surface area contributed by atoms with Gasteiger partial charge in [0, 0.05) is 19.2 Å². The molecule has 1 aliphatic heterocycles. The minimum Gasteiger partial charge on any atom is -0.396 e. The molecule has 1 fully saturated rings. The average Bonchev–Trinajstić information content (AvgIpc) is 2.37. The van der Waals surface area contributed by atoms with E-state index in [4.69, 9.17) is 5.11 Å². The third-order valence-electron chi connectivity index (χ3n) is 2.56. The van der Waals surface area contributed by atoms with Crippen LogP contribution in [0, 0.1) is 5.92 Å². The Morgan fingerprint density at radius 2 is 2.25 bits per heavy atom. The molecular formula is C10H21NO. The van der Waals surface area contributed by atoms with Crippen molar-refractivity contribution < 1.29 is 5.11 Å². The fraction of sp³-hybridized carbons (Fsp3) is 1.00. The molecule has 0 radical (unpaired) electrons. The number of hydrogen-bond acceptors (Lipinski definition) is 2. The van der Waals surface area contributed by atoms with Crippen LogP contribution in [0.25, 0.3) is 0 Å². The molecule has 1 N–H and O–H groups in total. The van der Waals surface area contributed by atoms with Crippen LogP contribution < -0.4 is 0 Å². The lowest BCUT2D eigenvalue weighted by molar-refractivity contribution is 0.181. The summed E-state index contributed by atoms with van der Waals surface area (Å²) in [5.41, 5.74) is 0. The second-order valence-corrected chi connectivity index (χ2v) is 4.20. The fourth-order valence-corrected chi connectivity index (χ4v) is 2.08. The molecule has 1 aliphatic rings. The van der Waals surface area contributed by atoms with E-state index in [0.29, 0.717) is 12.6 Å². The molecule has 2 nitrogen and oxygen atoms in total. The molecule has 12 heavy (non-hydrogen) atoms. The molecule has 0 saturated carbocycles. The minimum absolute atomic E-state index is 0.346. The van der Waals surface area contributed by atoms with Gasteiger partial charge in [-0.15, -0.1) is 0 Å². The Kier molecular flexibility index (Phi) is 4.02. The van der Waals surface area contributed by atoms with Crippen molar-refractivity contribution in [2.75, 3.05) is 19.7 Å². The molecule has 0 bridgehead atoms. The molecule has 1 unspecified atom stereocenters. The van der Waals surface area contributed by atoms with E-state index >= 15 is 0 Å². The van der Waals surface area contributed by atoms with Gasteiger partial charge in [0.15, 0.2) is 0 Å². The van der Waals surface area contributed by atoms with Gasteiger partial charge in [-0.1, -0.05) is 13.8 Å². The predicted octanol–water partition coefficient (Wildman–Crippen LogP) is 1.49. The van der Waals surface area contributed by atoms with Crippen molar-refractivity contribution >= 4 is 0 Å². The van der Waals surface area contributed by atoms with Gasteiger partial charge in [0.1, 0.15) is 0 Å². The van der Waals surface area contributed by atoms with Crippen LogP contribution in [0.5, 0.6) is 0 Å². The van der Waals surface area contributed by atoms with Crippen LogP contribution in [0.4, 0.5) is 0 Å². The quantitative estimate of drug-likeness (QED) is 0.692. The minimum atomic E-state index is 0.346. The molecule has 1 saturated heterocycles. The summed E-state index contributed by atoms with van der Waals surface area (Å²) in [6.45, 7) is 7.30. The average molecular weight is 171 g/mol. The van der Waals surface area contributed by atoms with Gasteiger partial charge in [0.05, 0.1) is 0 Å². The third-order valence-corrected chi connectivity index (χ3v) is 2.56. The first-order valence-corrected chi connectivity index (χ1v) is 5.09. The smallest absolute Gasteiger partial charge is 0.0445 e. The molecule has 1 heterocycles. The Labute approximate surface area is 75.6 Å². The molecule has 0 aliphatic carbocycles. The molecule has 0 aromatic heterocycles. The largest absolute Gasteiger partial charge is 0.396 e. The maximum atomic E-state index is 8.85. The van der Waals surface area contributed by atoms with E-state index in [1.807, 2.05) is 0 Å². The zero-order chi connectivity index (χ0) is 8.97. The van der Waals surface area contributed by atoms with Crippen molar-refractivity contribution in [3.05, 3.63) is 0 Å². The van der Waals surface area contributed by atoms with Crippen LogP contribution >= 0.6 is 0 Å². The zero-order valence-electron chi connectivity index (χ0n) is 8.29. The second-order valence-electron chi connectivity index (χ2n) is 4.20. The van der Waals surface area contributed by atoms with E-state index in [-0.39, 0.29) is 0 Å². The fourth-order valence-electron chi connectivity index (χ4n) is 2.08. The molecule has 2 heteroatoms. The summed E-state index contributed by atoms with van der Waals surface area (Å²) in [5.74, 6) is 0.754. The normalized spacial score (nSPS) is 25.5. The number of aliphatic hydroxyl groups excluding tert-OH is 1. The number of likely N-dealkylation sites (tertiary alicyclic amines) is 1. The maximum Gasteiger partial charge on any atom is 0.0445 e. The molecule has 72 valence electrons. The van der Waals surface area contributed by atoms with Gasteiger partial charge >= 0.3 is 0 Å². The zero-order valence-corrected chi connectivity index (χ0v) is 8.29. The van der Waals surface area contributed by atoms with Crippen molar-refractivity contribution in [2.24, 2.45) is 5.92 Å². The van der Waals surface area contributed by atoms with Crippen LogP contribution in [0.2, 0.25) is 0 Å². The molecule has 0 amide bonds. The van der Waals surface area contributed by atoms with Gasteiger partial charge in [-0.3, -0.25) is 0 Å². The maximum absolute atomic E-state index is 8.85. The Hall–Kier alpha value is -0.0800. The summed E-state index contributed by atoms with van der Waals surface area (Å²) in [5, 5.41) is 8.85. The van der Waals surface area contributed by atoms with Crippen molar-refractivity contribution in [3.63, 3.8) is 0 Å². The monoisotopic (exact) mass is 171 g/mol. The highest BCUT2D eigenvalue weighted by Gasteiger charge is 2.23. The Balaban J connectivity index is 2.30. The molecular weight excluding hydrogens is 150 g/mol. The van der Waals surface area contributed by atoms with Crippen LogP contribution in [0.15, 0.2) is 0 Å². The highest BCUT2D eigenvalue weighted by atomic mass is 16.3. The van der Waals surface area contributed by atoms with E-state index in [9.17, 15) is 0 Å². The van der Waals surface area contributed by atoms with Crippen molar-refractivity contribution in [1.82, 2.24) is 4.90 Å². The van der Waals surface area contributed by atoms with Crippen LogP contribution in [0.3, 0.4) is 0 Å². The lowest BCUT2D eigenvalue weighted by Crippen LogP contribution is -2.33. The van der Waals surface area contributed by atoms with Crippen LogP contribution in [0.1, 0.15) is 33.1 Å². The number of nitrogens with zero attached hydrogens (tertiary/aromatic N) is 1. The summed E-state index contributed by atoms with van der Waals surface area (Å²) >= 11 is 0. The lowest BCUT2D eigenvalue weighted by Gasteiger charge is -2.25. The third kappa shape index (κ3) is 2.76. The Morgan fingerprint density at radius 1 is 1.50 bits per heavy atom. The van der Waals surface area contributed by atoms with Crippen molar-refractivity contribution in [3.8, 4) is 0 Å². The van der Waals surface area contributed by atoms with Crippen molar-refractivity contribution in [1.29, 1.82) is 0 Å². The van der Waals surface area contributed by atoms with Gasteiger partial charge < -0.3 is 10.0 Å². The number of aliphatic hydroxyl groups is 1. The van der Waals surface area contributed by atoms with Gasteiger partial charge in [0.2, 0.25) is 0 Å². The van der Waals surface area contributed by atoms with Crippen LogP contribution in [-0.2, 0) is 0 Å². The molecule has 0 aromatic rings. The Bertz CT molecular complexity index is 125. The SMILES string of the molecule is CC(C)CN1CCCC1CCO.